The summed E-state index contributed by atoms with van der Waals surface area (Å²) in [5.41, 5.74) is 3.73. The average Bonchev–Trinajstić information content (AvgIpc) is 2.18. The maximum absolute atomic E-state index is 5.09. The van der Waals surface area contributed by atoms with Crippen molar-refractivity contribution in [1.82, 2.24) is 10.5 Å². The molecule has 0 fully saturated rings. The molecule has 0 bridgehead atoms. The van der Waals surface area contributed by atoms with Crippen molar-refractivity contribution in [3.8, 4) is 0 Å². The molecule has 0 aliphatic rings. The Kier molecular flexibility index (Phi) is 5.70. The molecular weight excluding hydrogens is 248 g/mol. The second-order valence-electron chi connectivity index (χ2n) is 2.61. The van der Waals surface area contributed by atoms with E-state index in [-0.39, 0.29) is 0 Å². The van der Waals surface area contributed by atoms with Crippen LogP contribution in [0.25, 0.3) is 0 Å². The molecule has 1 aromatic rings. The van der Waals surface area contributed by atoms with Crippen LogP contribution < -0.4 is 5.48 Å². The standard InChI is InChI=1S/C9H13BrN2O2/c1-13-5-6-14-11-7-8-3-2-4-9(10)12-8/h2-4,11H,5-7H2,1H3. The quantitative estimate of drug-likeness (QED) is 0.479. The maximum atomic E-state index is 5.09. The molecule has 0 saturated heterocycles. The minimum Gasteiger partial charge on any atom is -0.382 e. The molecule has 0 aliphatic heterocycles. The summed E-state index contributed by atoms with van der Waals surface area (Å²) in [6.07, 6.45) is 0. The predicted molar refractivity (Wildman–Crippen MR) is 56.6 cm³/mol. The Morgan fingerprint density at radius 2 is 2.29 bits per heavy atom. The van der Waals surface area contributed by atoms with Gasteiger partial charge in [-0.1, -0.05) is 6.07 Å². The Balaban J connectivity index is 2.18. The Labute approximate surface area is 91.7 Å². The second kappa shape index (κ2) is 6.89. The number of hydrogen-bond donors (Lipinski definition) is 1. The van der Waals surface area contributed by atoms with Crippen molar-refractivity contribution >= 4 is 15.9 Å². The van der Waals surface area contributed by atoms with Crippen LogP contribution in [0.4, 0.5) is 0 Å². The predicted octanol–water partition coefficient (Wildman–Crippen LogP) is 1.51. The summed E-state index contributed by atoms with van der Waals surface area (Å²) in [4.78, 5) is 9.32. The lowest BCUT2D eigenvalue weighted by molar-refractivity contribution is 0.00297. The average molecular weight is 261 g/mol. The van der Waals surface area contributed by atoms with E-state index in [0.29, 0.717) is 19.8 Å². The zero-order chi connectivity index (χ0) is 10.2. The minimum absolute atomic E-state index is 0.532. The van der Waals surface area contributed by atoms with E-state index < -0.39 is 0 Å². The number of rotatable bonds is 6. The van der Waals surface area contributed by atoms with Crippen LogP contribution in [0.1, 0.15) is 5.69 Å². The Morgan fingerprint density at radius 3 is 3.00 bits per heavy atom. The number of methoxy groups -OCH3 is 1. The van der Waals surface area contributed by atoms with Crippen molar-refractivity contribution in [3.05, 3.63) is 28.5 Å². The van der Waals surface area contributed by atoms with Crippen LogP contribution in [0.2, 0.25) is 0 Å². The fraction of sp³-hybridized carbons (Fsp3) is 0.444. The first-order chi connectivity index (χ1) is 6.83. The van der Waals surface area contributed by atoms with Crippen molar-refractivity contribution in [2.24, 2.45) is 0 Å². The molecule has 0 spiro atoms. The number of nitrogens with one attached hydrogen (secondary N) is 1. The van der Waals surface area contributed by atoms with Gasteiger partial charge in [-0.2, -0.15) is 5.48 Å². The molecule has 5 heteroatoms. The normalized spacial score (nSPS) is 10.4. The van der Waals surface area contributed by atoms with Crippen molar-refractivity contribution in [1.29, 1.82) is 0 Å². The summed E-state index contributed by atoms with van der Waals surface area (Å²) in [6, 6.07) is 5.75. The van der Waals surface area contributed by atoms with Crippen LogP contribution in [-0.2, 0) is 16.1 Å². The molecule has 1 N–H and O–H groups in total. The van der Waals surface area contributed by atoms with Gasteiger partial charge in [-0.25, -0.2) is 4.98 Å². The van der Waals surface area contributed by atoms with Gasteiger partial charge in [0.05, 0.1) is 25.5 Å². The highest BCUT2D eigenvalue weighted by molar-refractivity contribution is 9.10. The van der Waals surface area contributed by atoms with Crippen molar-refractivity contribution in [2.75, 3.05) is 20.3 Å². The zero-order valence-electron chi connectivity index (χ0n) is 8.00. The highest BCUT2D eigenvalue weighted by Gasteiger charge is 1.94. The van der Waals surface area contributed by atoms with E-state index in [1.165, 1.54) is 0 Å². The van der Waals surface area contributed by atoms with Crippen LogP contribution >= 0.6 is 15.9 Å². The third-order valence-electron chi connectivity index (χ3n) is 1.52. The van der Waals surface area contributed by atoms with Gasteiger partial charge in [0.25, 0.3) is 0 Å². The molecule has 1 rings (SSSR count). The number of aromatic nitrogens is 1. The van der Waals surface area contributed by atoms with E-state index in [9.17, 15) is 0 Å². The summed E-state index contributed by atoms with van der Waals surface area (Å²) < 4.78 is 5.65. The maximum Gasteiger partial charge on any atom is 0.106 e. The van der Waals surface area contributed by atoms with Gasteiger partial charge < -0.3 is 4.74 Å². The first-order valence-corrected chi connectivity index (χ1v) is 5.07. The second-order valence-corrected chi connectivity index (χ2v) is 3.43. The van der Waals surface area contributed by atoms with Crippen molar-refractivity contribution in [2.45, 2.75) is 6.54 Å². The number of halogens is 1. The van der Waals surface area contributed by atoms with Gasteiger partial charge in [-0.3, -0.25) is 4.84 Å². The molecule has 1 heterocycles. The molecule has 0 unspecified atom stereocenters. The lowest BCUT2D eigenvalue weighted by atomic mass is 10.4. The molecule has 0 atom stereocenters. The summed E-state index contributed by atoms with van der Waals surface area (Å²) in [5, 5.41) is 0. The van der Waals surface area contributed by atoms with E-state index in [4.69, 9.17) is 9.57 Å². The van der Waals surface area contributed by atoms with Gasteiger partial charge in [0.1, 0.15) is 4.60 Å². The number of hydroxylamine groups is 1. The summed E-state index contributed by atoms with van der Waals surface area (Å²) in [7, 11) is 1.64. The molecule has 0 aliphatic carbocycles. The first-order valence-electron chi connectivity index (χ1n) is 4.28. The number of ether oxygens (including phenoxy) is 1. The molecule has 1 aromatic heterocycles. The van der Waals surface area contributed by atoms with Gasteiger partial charge in [0.15, 0.2) is 0 Å². The van der Waals surface area contributed by atoms with Crippen molar-refractivity contribution < 1.29 is 9.57 Å². The highest BCUT2D eigenvalue weighted by atomic mass is 79.9. The smallest absolute Gasteiger partial charge is 0.106 e. The number of hydrogen-bond acceptors (Lipinski definition) is 4. The van der Waals surface area contributed by atoms with Crippen LogP contribution in [0.5, 0.6) is 0 Å². The lowest BCUT2D eigenvalue weighted by Gasteiger charge is -2.04. The van der Waals surface area contributed by atoms with E-state index in [1.54, 1.807) is 7.11 Å². The fourth-order valence-electron chi connectivity index (χ4n) is 0.871. The van der Waals surface area contributed by atoms with Crippen LogP contribution in [0.3, 0.4) is 0 Å². The topological polar surface area (TPSA) is 43.4 Å². The molecule has 0 radical (unpaired) electrons. The van der Waals surface area contributed by atoms with Gasteiger partial charge in [-0.05, 0) is 28.1 Å². The first kappa shape index (κ1) is 11.6. The molecule has 0 saturated carbocycles. The van der Waals surface area contributed by atoms with Gasteiger partial charge in [0, 0.05) is 7.11 Å². The SMILES string of the molecule is COCCONCc1cccc(Br)n1. The molecular formula is C9H13BrN2O2. The van der Waals surface area contributed by atoms with Crippen LogP contribution in [-0.4, -0.2) is 25.3 Å². The molecule has 78 valence electrons. The van der Waals surface area contributed by atoms with Crippen LogP contribution in [0, 0.1) is 0 Å². The summed E-state index contributed by atoms with van der Waals surface area (Å²) in [5.74, 6) is 0. The van der Waals surface area contributed by atoms with Gasteiger partial charge in [-0.15, -0.1) is 0 Å². The Bertz CT molecular complexity index is 271. The monoisotopic (exact) mass is 260 g/mol. The summed E-state index contributed by atoms with van der Waals surface area (Å²) >= 11 is 3.30. The third-order valence-corrected chi connectivity index (χ3v) is 1.96. The third kappa shape index (κ3) is 4.66. The zero-order valence-corrected chi connectivity index (χ0v) is 9.58. The molecule has 14 heavy (non-hydrogen) atoms. The Hall–Kier alpha value is -0.490. The minimum atomic E-state index is 0.532. The number of nitrogens with zero attached hydrogens (tertiary/aromatic N) is 1. The fourth-order valence-corrected chi connectivity index (χ4v) is 1.25. The van der Waals surface area contributed by atoms with Gasteiger partial charge >= 0.3 is 0 Å². The highest BCUT2D eigenvalue weighted by Crippen LogP contribution is 2.05. The number of pyridine rings is 1. The molecule has 4 nitrogen and oxygen atoms in total. The largest absolute Gasteiger partial charge is 0.382 e. The summed E-state index contributed by atoms with van der Waals surface area (Å²) in [6.45, 7) is 1.70. The van der Waals surface area contributed by atoms with Gasteiger partial charge in [0.2, 0.25) is 0 Å². The Morgan fingerprint density at radius 1 is 1.43 bits per heavy atom. The van der Waals surface area contributed by atoms with E-state index >= 15 is 0 Å². The lowest BCUT2D eigenvalue weighted by Crippen LogP contribution is -2.17. The van der Waals surface area contributed by atoms with Crippen molar-refractivity contribution in [3.63, 3.8) is 0 Å². The molecule has 0 amide bonds. The van der Waals surface area contributed by atoms with E-state index in [1.807, 2.05) is 18.2 Å². The molecule has 0 aromatic carbocycles. The van der Waals surface area contributed by atoms with E-state index in [2.05, 4.69) is 26.4 Å². The van der Waals surface area contributed by atoms with Crippen LogP contribution in [0.15, 0.2) is 22.8 Å². The van der Waals surface area contributed by atoms with E-state index in [0.717, 1.165) is 10.3 Å².